The third-order valence-corrected chi connectivity index (χ3v) is 4.59. The summed E-state index contributed by atoms with van der Waals surface area (Å²) in [5.41, 5.74) is 9.88. The third kappa shape index (κ3) is 3.43. The molecular weight excluding hydrogens is 366 g/mol. The number of benzene rings is 1. The van der Waals surface area contributed by atoms with Gasteiger partial charge in [0.15, 0.2) is 5.82 Å². The van der Waals surface area contributed by atoms with Gasteiger partial charge in [-0.15, -0.1) is 12.4 Å². The van der Waals surface area contributed by atoms with Crippen LogP contribution >= 0.6 is 12.4 Å². The molecule has 140 valence electrons. The lowest BCUT2D eigenvalue weighted by atomic mass is 9.93. The van der Waals surface area contributed by atoms with Crippen LogP contribution in [0.15, 0.2) is 36.5 Å². The quantitative estimate of drug-likeness (QED) is 0.699. The minimum absolute atomic E-state index is 0. The van der Waals surface area contributed by atoms with Crippen molar-refractivity contribution in [1.29, 1.82) is 0 Å². The maximum absolute atomic E-state index is 11.8. The Hall–Kier alpha value is -2.77. The molecule has 0 unspecified atom stereocenters. The van der Waals surface area contributed by atoms with Crippen LogP contribution in [0.25, 0.3) is 22.8 Å². The van der Waals surface area contributed by atoms with E-state index in [0.29, 0.717) is 43.9 Å². The minimum Gasteiger partial charge on any atom is -0.477 e. The monoisotopic (exact) mass is 385 g/mol. The van der Waals surface area contributed by atoms with Crippen molar-refractivity contribution in [2.45, 2.75) is 25.8 Å². The van der Waals surface area contributed by atoms with Crippen molar-refractivity contribution in [3.8, 4) is 22.8 Å². The lowest BCUT2D eigenvalue weighted by Crippen LogP contribution is -2.14. The van der Waals surface area contributed by atoms with Crippen LogP contribution in [0.4, 0.5) is 0 Å². The maximum Gasteiger partial charge on any atom is 0.354 e. The van der Waals surface area contributed by atoms with Crippen LogP contribution in [0.1, 0.15) is 28.0 Å². The van der Waals surface area contributed by atoms with Gasteiger partial charge in [0.1, 0.15) is 11.4 Å². The van der Waals surface area contributed by atoms with Crippen molar-refractivity contribution < 1.29 is 9.90 Å². The summed E-state index contributed by atoms with van der Waals surface area (Å²) in [4.78, 5) is 21.0. The van der Waals surface area contributed by atoms with Crippen LogP contribution in [-0.2, 0) is 19.4 Å². The molecule has 1 aromatic carbocycles. The largest absolute Gasteiger partial charge is 0.477 e. The van der Waals surface area contributed by atoms with Gasteiger partial charge in [0.25, 0.3) is 0 Å². The molecule has 7 nitrogen and oxygen atoms in total. The highest BCUT2D eigenvalue weighted by atomic mass is 35.5. The number of carboxylic acid groups (broad SMARTS) is 1. The van der Waals surface area contributed by atoms with Gasteiger partial charge in [-0.25, -0.2) is 14.8 Å². The van der Waals surface area contributed by atoms with E-state index in [2.05, 4.69) is 10.1 Å². The van der Waals surface area contributed by atoms with Crippen molar-refractivity contribution in [2.24, 2.45) is 5.73 Å². The highest BCUT2D eigenvalue weighted by Crippen LogP contribution is 2.34. The molecule has 1 aliphatic carbocycles. The first kappa shape index (κ1) is 19.0. The zero-order valence-corrected chi connectivity index (χ0v) is 15.4. The van der Waals surface area contributed by atoms with Gasteiger partial charge >= 0.3 is 5.97 Å². The molecule has 27 heavy (non-hydrogen) atoms. The summed E-state index contributed by atoms with van der Waals surface area (Å²) < 4.78 is 1.55. The van der Waals surface area contributed by atoms with Crippen LogP contribution in [0.5, 0.6) is 0 Å². The van der Waals surface area contributed by atoms with Gasteiger partial charge in [-0.1, -0.05) is 30.3 Å². The Labute approximate surface area is 162 Å². The zero-order valence-electron chi connectivity index (χ0n) is 14.6. The molecule has 0 atom stereocenters. The molecule has 2 heterocycles. The maximum atomic E-state index is 11.8. The second-order valence-corrected chi connectivity index (χ2v) is 6.28. The molecule has 1 aliphatic rings. The number of aromatic carboxylic acids is 1. The summed E-state index contributed by atoms with van der Waals surface area (Å²) in [6, 6.07) is 9.72. The van der Waals surface area contributed by atoms with E-state index in [1.807, 2.05) is 36.5 Å². The number of carboxylic acids is 1. The second-order valence-electron chi connectivity index (χ2n) is 6.28. The summed E-state index contributed by atoms with van der Waals surface area (Å²) in [5.74, 6) is -0.345. The van der Waals surface area contributed by atoms with Gasteiger partial charge in [-0.2, -0.15) is 5.10 Å². The Morgan fingerprint density at radius 2 is 1.96 bits per heavy atom. The Morgan fingerprint density at radius 1 is 1.19 bits per heavy atom. The van der Waals surface area contributed by atoms with Gasteiger partial charge in [0.05, 0.1) is 5.69 Å². The van der Waals surface area contributed by atoms with Crippen molar-refractivity contribution in [3.63, 3.8) is 0 Å². The van der Waals surface area contributed by atoms with Gasteiger partial charge in [0.2, 0.25) is 0 Å². The van der Waals surface area contributed by atoms with Crippen LogP contribution in [0, 0.1) is 0 Å². The molecule has 0 radical (unpaired) electrons. The molecular formula is C19H20ClN5O2. The SMILES string of the molecule is Cl.NCCCn1nc2c(c1C(=O)O)CCc1cnc(-c3ccccc3)nc1-2. The lowest BCUT2D eigenvalue weighted by molar-refractivity contribution is 0.0681. The molecule has 0 bridgehead atoms. The summed E-state index contributed by atoms with van der Waals surface area (Å²) in [7, 11) is 0. The fourth-order valence-corrected chi connectivity index (χ4v) is 3.35. The molecule has 0 spiro atoms. The van der Waals surface area contributed by atoms with E-state index in [4.69, 9.17) is 10.7 Å². The number of hydrogen-bond donors (Lipinski definition) is 2. The van der Waals surface area contributed by atoms with Gasteiger partial charge in [-0.05, 0) is 31.4 Å². The Kier molecular flexibility index (Phi) is 5.53. The van der Waals surface area contributed by atoms with Gasteiger partial charge in [-0.3, -0.25) is 4.68 Å². The Balaban J connectivity index is 0.00000210. The van der Waals surface area contributed by atoms with E-state index in [0.717, 1.165) is 22.4 Å². The first-order valence-electron chi connectivity index (χ1n) is 8.63. The van der Waals surface area contributed by atoms with Gasteiger partial charge in [0, 0.05) is 23.9 Å². The van der Waals surface area contributed by atoms with Crippen molar-refractivity contribution in [2.75, 3.05) is 6.54 Å². The predicted octanol–water partition coefficient (Wildman–Crippen LogP) is 2.57. The van der Waals surface area contributed by atoms with Crippen LogP contribution in [0.3, 0.4) is 0 Å². The van der Waals surface area contributed by atoms with Gasteiger partial charge < -0.3 is 10.8 Å². The molecule has 0 saturated heterocycles. The van der Waals surface area contributed by atoms with Crippen molar-refractivity contribution in [1.82, 2.24) is 19.7 Å². The molecule has 0 fully saturated rings. The fourth-order valence-electron chi connectivity index (χ4n) is 3.35. The number of aromatic nitrogens is 4. The molecule has 3 N–H and O–H groups in total. The van der Waals surface area contributed by atoms with E-state index in [1.165, 1.54) is 0 Å². The lowest BCUT2D eigenvalue weighted by Gasteiger charge is -2.15. The first-order chi connectivity index (χ1) is 12.7. The number of halogens is 1. The first-order valence-corrected chi connectivity index (χ1v) is 8.63. The standard InChI is InChI=1S/C19H19N5O2.ClH/c20-9-4-10-24-17(19(25)26)14-8-7-13-11-21-18(12-5-2-1-3-6-12)22-15(13)16(14)23-24;/h1-3,5-6,11H,4,7-10,20H2,(H,25,26);1H. The van der Waals surface area contributed by atoms with E-state index >= 15 is 0 Å². The van der Waals surface area contributed by atoms with Crippen LogP contribution < -0.4 is 5.73 Å². The molecule has 2 aromatic heterocycles. The number of carbonyl (C=O) groups is 1. The number of fused-ring (bicyclic) bond motifs is 3. The summed E-state index contributed by atoms with van der Waals surface area (Å²) >= 11 is 0. The van der Waals surface area contributed by atoms with Crippen molar-refractivity contribution >= 4 is 18.4 Å². The minimum atomic E-state index is -0.962. The van der Waals surface area contributed by atoms with E-state index < -0.39 is 5.97 Å². The summed E-state index contributed by atoms with van der Waals surface area (Å²) in [6.07, 6.45) is 3.83. The summed E-state index contributed by atoms with van der Waals surface area (Å²) in [5, 5.41) is 14.2. The molecule has 8 heteroatoms. The summed E-state index contributed by atoms with van der Waals surface area (Å²) in [6.45, 7) is 0.970. The topological polar surface area (TPSA) is 107 Å². The fraction of sp³-hybridized carbons (Fsp3) is 0.263. The number of rotatable bonds is 5. The van der Waals surface area contributed by atoms with E-state index in [9.17, 15) is 9.90 Å². The highest BCUT2D eigenvalue weighted by Gasteiger charge is 2.29. The molecule has 4 rings (SSSR count). The number of aryl methyl sites for hydroxylation is 2. The molecule has 3 aromatic rings. The zero-order chi connectivity index (χ0) is 18.1. The van der Waals surface area contributed by atoms with E-state index in [1.54, 1.807) is 4.68 Å². The van der Waals surface area contributed by atoms with Crippen LogP contribution in [-0.4, -0.2) is 37.4 Å². The molecule has 0 aliphatic heterocycles. The average molecular weight is 386 g/mol. The normalized spacial score (nSPS) is 12.0. The van der Waals surface area contributed by atoms with E-state index in [-0.39, 0.29) is 18.1 Å². The van der Waals surface area contributed by atoms with Crippen LogP contribution in [0.2, 0.25) is 0 Å². The second kappa shape index (κ2) is 7.85. The Bertz CT molecular complexity index is 972. The number of nitrogens with zero attached hydrogens (tertiary/aromatic N) is 4. The smallest absolute Gasteiger partial charge is 0.354 e. The highest BCUT2D eigenvalue weighted by molar-refractivity contribution is 5.90. The Morgan fingerprint density at radius 3 is 2.67 bits per heavy atom. The number of nitrogens with two attached hydrogens (primary N) is 1. The van der Waals surface area contributed by atoms with Crippen molar-refractivity contribution in [3.05, 3.63) is 53.3 Å². The molecule has 0 amide bonds. The third-order valence-electron chi connectivity index (χ3n) is 4.59. The number of hydrogen-bond acceptors (Lipinski definition) is 5. The average Bonchev–Trinajstić information content (AvgIpc) is 3.05. The molecule has 0 saturated carbocycles. The predicted molar refractivity (Wildman–Crippen MR) is 104 cm³/mol.